The summed E-state index contributed by atoms with van der Waals surface area (Å²) in [6, 6.07) is 12.8. The van der Waals surface area contributed by atoms with Crippen molar-refractivity contribution in [1.82, 2.24) is 9.88 Å². The second kappa shape index (κ2) is 8.54. The largest absolute Gasteiger partial charge is 0.494 e. The van der Waals surface area contributed by atoms with Crippen molar-refractivity contribution in [2.24, 2.45) is 0 Å². The zero-order valence-corrected chi connectivity index (χ0v) is 15.6. The second-order valence-corrected chi connectivity index (χ2v) is 7.36. The number of aromatic nitrogens is 1. The van der Waals surface area contributed by atoms with Gasteiger partial charge in [-0.2, -0.15) is 0 Å². The van der Waals surface area contributed by atoms with E-state index in [1.54, 1.807) is 0 Å². The maximum Gasteiger partial charge on any atom is 0.128 e. The molecule has 1 fully saturated rings. The average molecular weight is 351 g/mol. The molecule has 4 rings (SSSR count). The number of ether oxygens (including phenoxy) is 1. The molecule has 1 aromatic carbocycles. The van der Waals surface area contributed by atoms with Crippen molar-refractivity contribution >= 4 is 5.82 Å². The van der Waals surface area contributed by atoms with Crippen LogP contribution < -0.4 is 9.64 Å². The SMILES string of the molecule is c1ccc(N2CCN(CCCCOc3ccc4c(c3)CCC4)CC2)nc1. The lowest BCUT2D eigenvalue weighted by molar-refractivity contribution is 0.238. The summed E-state index contributed by atoms with van der Waals surface area (Å²) in [6.07, 6.45) is 7.96. The van der Waals surface area contributed by atoms with Gasteiger partial charge in [0.2, 0.25) is 0 Å². The number of piperazine rings is 1. The van der Waals surface area contributed by atoms with Crippen molar-refractivity contribution in [3.8, 4) is 5.75 Å². The highest BCUT2D eigenvalue weighted by molar-refractivity contribution is 5.39. The average Bonchev–Trinajstić information content (AvgIpc) is 3.17. The fourth-order valence-electron chi connectivity index (χ4n) is 4.01. The van der Waals surface area contributed by atoms with Gasteiger partial charge in [0.1, 0.15) is 11.6 Å². The number of unbranched alkanes of at least 4 members (excludes halogenated alkanes) is 1. The van der Waals surface area contributed by atoms with Crippen LogP contribution in [-0.2, 0) is 12.8 Å². The van der Waals surface area contributed by atoms with Crippen LogP contribution in [0.5, 0.6) is 5.75 Å². The van der Waals surface area contributed by atoms with Crippen LogP contribution in [0, 0.1) is 0 Å². The summed E-state index contributed by atoms with van der Waals surface area (Å²) in [5, 5.41) is 0. The van der Waals surface area contributed by atoms with E-state index in [0.29, 0.717) is 0 Å². The molecule has 0 atom stereocenters. The Morgan fingerprint density at radius 1 is 0.923 bits per heavy atom. The van der Waals surface area contributed by atoms with Gasteiger partial charge < -0.3 is 9.64 Å². The lowest BCUT2D eigenvalue weighted by Crippen LogP contribution is -2.46. The Bertz CT molecular complexity index is 696. The molecule has 0 radical (unpaired) electrons. The molecule has 4 heteroatoms. The van der Waals surface area contributed by atoms with Crippen molar-refractivity contribution in [3.05, 3.63) is 53.7 Å². The standard InChI is InChI=1S/C22H29N3O/c1-2-11-23-22(8-1)25-15-13-24(14-16-25)12-3-4-17-26-21-10-9-19-6-5-7-20(19)18-21/h1-2,8-11,18H,3-7,12-17H2. The number of hydrogen-bond donors (Lipinski definition) is 0. The molecule has 138 valence electrons. The van der Waals surface area contributed by atoms with E-state index in [2.05, 4.69) is 45.1 Å². The molecule has 2 heterocycles. The summed E-state index contributed by atoms with van der Waals surface area (Å²) in [4.78, 5) is 9.40. The molecule has 1 aromatic heterocycles. The highest BCUT2D eigenvalue weighted by atomic mass is 16.5. The molecule has 0 spiro atoms. The van der Waals surface area contributed by atoms with E-state index in [1.807, 2.05) is 12.3 Å². The zero-order chi connectivity index (χ0) is 17.6. The second-order valence-electron chi connectivity index (χ2n) is 7.36. The molecule has 1 aliphatic heterocycles. The highest BCUT2D eigenvalue weighted by Gasteiger charge is 2.17. The van der Waals surface area contributed by atoms with Gasteiger partial charge >= 0.3 is 0 Å². The van der Waals surface area contributed by atoms with Crippen molar-refractivity contribution in [1.29, 1.82) is 0 Å². The van der Waals surface area contributed by atoms with Crippen LogP contribution in [0.25, 0.3) is 0 Å². The summed E-state index contributed by atoms with van der Waals surface area (Å²) in [6.45, 7) is 6.39. The van der Waals surface area contributed by atoms with Crippen molar-refractivity contribution < 1.29 is 4.74 Å². The molecule has 4 nitrogen and oxygen atoms in total. The van der Waals surface area contributed by atoms with E-state index in [1.165, 1.54) is 43.4 Å². The quantitative estimate of drug-likeness (QED) is 0.713. The molecular formula is C22H29N3O. The first-order chi connectivity index (χ1) is 12.9. The fraction of sp³-hybridized carbons (Fsp3) is 0.500. The molecule has 1 aliphatic carbocycles. The van der Waals surface area contributed by atoms with Gasteiger partial charge in [-0.25, -0.2) is 4.98 Å². The van der Waals surface area contributed by atoms with Crippen molar-refractivity contribution in [2.75, 3.05) is 44.2 Å². The third-order valence-electron chi connectivity index (χ3n) is 5.55. The minimum atomic E-state index is 0.826. The number of nitrogens with zero attached hydrogens (tertiary/aromatic N) is 3. The summed E-state index contributed by atoms with van der Waals surface area (Å²) >= 11 is 0. The Hall–Kier alpha value is -2.07. The number of anilines is 1. The van der Waals surface area contributed by atoms with Gasteiger partial charge in [-0.1, -0.05) is 12.1 Å². The Kier molecular flexibility index (Phi) is 5.70. The monoisotopic (exact) mass is 351 g/mol. The fourth-order valence-corrected chi connectivity index (χ4v) is 4.01. The van der Waals surface area contributed by atoms with Gasteiger partial charge in [-0.15, -0.1) is 0 Å². The molecule has 26 heavy (non-hydrogen) atoms. The molecule has 2 aromatic rings. The van der Waals surface area contributed by atoms with Gasteiger partial charge in [-0.05, 0) is 74.0 Å². The Labute approximate surface area is 156 Å². The lowest BCUT2D eigenvalue weighted by atomic mass is 10.1. The first-order valence-electron chi connectivity index (χ1n) is 10.0. The lowest BCUT2D eigenvalue weighted by Gasteiger charge is -2.35. The van der Waals surface area contributed by atoms with E-state index in [0.717, 1.165) is 50.8 Å². The normalized spacial score (nSPS) is 17.3. The van der Waals surface area contributed by atoms with Crippen molar-refractivity contribution in [3.63, 3.8) is 0 Å². The van der Waals surface area contributed by atoms with E-state index in [4.69, 9.17) is 4.74 Å². The van der Waals surface area contributed by atoms with Crippen molar-refractivity contribution in [2.45, 2.75) is 32.1 Å². The molecule has 0 N–H and O–H groups in total. The van der Waals surface area contributed by atoms with Crippen LogP contribution in [0.2, 0.25) is 0 Å². The molecule has 0 bridgehead atoms. The van der Waals surface area contributed by atoms with E-state index in [-0.39, 0.29) is 0 Å². The number of fused-ring (bicyclic) bond motifs is 1. The van der Waals surface area contributed by atoms with Gasteiger partial charge in [0.25, 0.3) is 0 Å². The molecule has 2 aliphatic rings. The van der Waals surface area contributed by atoms with Gasteiger partial charge in [-0.3, -0.25) is 4.90 Å². The van der Waals surface area contributed by atoms with Gasteiger partial charge in [0.15, 0.2) is 0 Å². The smallest absolute Gasteiger partial charge is 0.128 e. The van der Waals surface area contributed by atoms with E-state index in [9.17, 15) is 0 Å². The first kappa shape index (κ1) is 17.3. The van der Waals surface area contributed by atoms with Crippen LogP contribution in [0.15, 0.2) is 42.6 Å². The molecule has 1 saturated heterocycles. The number of hydrogen-bond acceptors (Lipinski definition) is 4. The van der Waals surface area contributed by atoms with Crippen LogP contribution >= 0.6 is 0 Å². The molecule has 0 amide bonds. The van der Waals surface area contributed by atoms with Crippen LogP contribution in [0.1, 0.15) is 30.4 Å². The maximum absolute atomic E-state index is 5.96. The summed E-state index contributed by atoms with van der Waals surface area (Å²) in [5.41, 5.74) is 3.01. The minimum Gasteiger partial charge on any atom is -0.494 e. The van der Waals surface area contributed by atoms with Crippen LogP contribution in [0.4, 0.5) is 5.82 Å². The molecule has 0 saturated carbocycles. The number of pyridine rings is 1. The minimum absolute atomic E-state index is 0.826. The summed E-state index contributed by atoms with van der Waals surface area (Å²) in [7, 11) is 0. The molecular weight excluding hydrogens is 322 g/mol. The zero-order valence-electron chi connectivity index (χ0n) is 15.6. The van der Waals surface area contributed by atoms with Crippen LogP contribution in [-0.4, -0.2) is 49.2 Å². The number of benzene rings is 1. The first-order valence-corrected chi connectivity index (χ1v) is 10.0. The predicted molar refractivity (Wildman–Crippen MR) is 106 cm³/mol. The number of rotatable bonds is 7. The Morgan fingerprint density at radius 2 is 1.81 bits per heavy atom. The summed E-state index contributed by atoms with van der Waals surface area (Å²) < 4.78 is 5.96. The summed E-state index contributed by atoms with van der Waals surface area (Å²) in [5.74, 6) is 2.16. The third kappa shape index (κ3) is 4.36. The van der Waals surface area contributed by atoms with E-state index < -0.39 is 0 Å². The third-order valence-corrected chi connectivity index (χ3v) is 5.55. The predicted octanol–water partition coefficient (Wildman–Crippen LogP) is 3.55. The van der Waals surface area contributed by atoms with E-state index >= 15 is 0 Å². The van der Waals surface area contributed by atoms with Gasteiger partial charge in [0, 0.05) is 32.4 Å². The Morgan fingerprint density at radius 3 is 2.65 bits per heavy atom. The maximum atomic E-state index is 5.96. The number of aryl methyl sites for hydroxylation is 2. The van der Waals surface area contributed by atoms with Crippen LogP contribution in [0.3, 0.4) is 0 Å². The topological polar surface area (TPSA) is 28.6 Å². The molecule has 0 unspecified atom stereocenters. The van der Waals surface area contributed by atoms with Gasteiger partial charge in [0.05, 0.1) is 6.61 Å². The Balaban J connectivity index is 1.12. The highest BCUT2D eigenvalue weighted by Crippen LogP contribution is 2.26.